The van der Waals surface area contributed by atoms with E-state index < -0.39 is 0 Å². The number of rotatable bonds is 1. The van der Waals surface area contributed by atoms with Gasteiger partial charge in [0.1, 0.15) is 0 Å². The van der Waals surface area contributed by atoms with Crippen molar-refractivity contribution < 1.29 is 9.59 Å². The first-order valence-electron chi connectivity index (χ1n) is 7.48. The maximum atomic E-state index is 12.8. The van der Waals surface area contributed by atoms with Gasteiger partial charge in [-0.25, -0.2) is 4.90 Å². The molecule has 0 N–H and O–H groups in total. The Morgan fingerprint density at radius 1 is 1.00 bits per heavy atom. The van der Waals surface area contributed by atoms with Gasteiger partial charge in [0.2, 0.25) is 11.8 Å². The lowest BCUT2D eigenvalue weighted by atomic mass is 9.63. The van der Waals surface area contributed by atoms with Crippen molar-refractivity contribution in [2.45, 2.75) is 6.42 Å². The number of carbonyl (C=O) groups excluding carboxylic acids is 2. The van der Waals surface area contributed by atoms with Gasteiger partial charge in [0.15, 0.2) is 0 Å². The van der Waals surface area contributed by atoms with Gasteiger partial charge in [-0.3, -0.25) is 9.59 Å². The largest absolute Gasteiger partial charge is 0.274 e. The van der Waals surface area contributed by atoms with E-state index in [-0.39, 0.29) is 35.5 Å². The molecule has 3 fully saturated rings. The van der Waals surface area contributed by atoms with Crippen LogP contribution in [-0.2, 0) is 9.59 Å². The molecule has 4 aliphatic carbocycles. The van der Waals surface area contributed by atoms with Crippen molar-refractivity contribution in [3.63, 3.8) is 0 Å². The third-order valence-corrected chi connectivity index (χ3v) is 5.96. The van der Waals surface area contributed by atoms with Crippen LogP contribution < -0.4 is 4.90 Å². The number of nitrogens with zero attached hydrogens (tertiary/aromatic N) is 1. The molecule has 5 aliphatic rings. The van der Waals surface area contributed by atoms with Gasteiger partial charge in [-0.2, -0.15) is 0 Å². The maximum Gasteiger partial charge on any atom is 0.238 e. The summed E-state index contributed by atoms with van der Waals surface area (Å²) in [5.74, 6) is 1.46. The zero-order valence-corrected chi connectivity index (χ0v) is 12.0. The molecule has 1 aromatic carbocycles. The summed E-state index contributed by atoms with van der Waals surface area (Å²) in [5.41, 5.74) is 0.611. The predicted molar refractivity (Wildman–Crippen MR) is 78.6 cm³/mol. The van der Waals surface area contributed by atoms with Crippen molar-refractivity contribution in [1.82, 2.24) is 0 Å². The van der Waals surface area contributed by atoms with Crippen molar-refractivity contribution in [1.29, 1.82) is 0 Å². The number of halogens is 1. The molecule has 6 atom stereocenters. The Labute approximate surface area is 127 Å². The van der Waals surface area contributed by atoms with E-state index in [1.807, 2.05) is 0 Å². The zero-order valence-electron chi connectivity index (χ0n) is 11.3. The molecule has 2 bridgehead atoms. The standard InChI is InChI=1S/C17H14ClNO2/c18-8-2-1-3-9(6-8)19-16(20)14-10-4-5-11(13-7-12(10)13)15(14)17(19)21/h1-6,10-15H,7H2/t10-,11-,12-,13-,14+,15+/m1/s1. The lowest BCUT2D eigenvalue weighted by molar-refractivity contribution is -0.124. The van der Waals surface area contributed by atoms with Gasteiger partial charge < -0.3 is 0 Å². The second kappa shape index (κ2) is 3.77. The summed E-state index contributed by atoms with van der Waals surface area (Å²) in [5, 5.41) is 0.548. The number of amides is 2. The fourth-order valence-electron chi connectivity index (χ4n) is 4.83. The summed E-state index contributed by atoms with van der Waals surface area (Å²) in [6.07, 6.45) is 5.56. The first kappa shape index (κ1) is 12.0. The minimum Gasteiger partial charge on any atom is -0.274 e. The van der Waals surface area contributed by atoms with Crippen LogP contribution in [0, 0.1) is 35.5 Å². The van der Waals surface area contributed by atoms with Gasteiger partial charge in [0.25, 0.3) is 0 Å². The van der Waals surface area contributed by atoms with Gasteiger partial charge >= 0.3 is 0 Å². The molecule has 1 heterocycles. The highest BCUT2D eigenvalue weighted by Gasteiger charge is 2.67. The molecule has 6 rings (SSSR count). The molecule has 1 saturated heterocycles. The minimum absolute atomic E-state index is 0.0306. The van der Waals surface area contributed by atoms with E-state index in [0.717, 1.165) is 0 Å². The molecule has 0 spiro atoms. The van der Waals surface area contributed by atoms with Crippen molar-refractivity contribution in [2.24, 2.45) is 35.5 Å². The zero-order chi connectivity index (χ0) is 14.3. The van der Waals surface area contributed by atoms with Crippen LogP contribution in [0.4, 0.5) is 5.69 Å². The van der Waals surface area contributed by atoms with Crippen LogP contribution in [0.2, 0.25) is 5.02 Å². The fourth-order valence-corrected chi connectivity index (χ4v) is 5.01. The van der Waals surface area contributed by atoms with E-state index in [9.17, 15) is 9.59 Å². The van der Waals surface area contributed by atoms with E-state index in [4.69, 9.17) is 11.6 Å². The monoisotopic (exact) mass is 299 g/mol. The van der Waals surface area contributed by atoms with E-state index in [0.29, 0.717) is 22.5 Å². The molecule has 1 aromatic rings. The summed E-state index contributed by atoms with van der Waals surface area (Å²) in [6.45, 7) is 0. The average molecular weight is 300 g/mol. The molecule has 4 heteroatoms. The lowest BCUT2D eigenvalue weighted by Gasteiger charge is -2.37. The molecule has 3 nitrogen and oxygen atoms in total. The van der Waals surface area contributed by atoms with E-state index >= 15 is 0 Å². The van der Waals surface area contributed by atoms with Crippen LogP contribution in [0.5, 0.6) is 0 Å². The first-order valence-corrected chi connectivity index (χ1v) is 7.86. The van der Waals surface area contributed by atoms with Gasteiger partial charge in [0, 0.05) is 5.02 Å². The highest BCUT2D eigenvalue weighted by Crippen LogP contribution is 2.65. The molecule has 106 valence electrons. The van der Waals surface area contributed by atoms with Gasteiger partial charge in [-0.15, -0.1) is 0 Å². The second-order valence-electron chi connectivity index (χ2n) is 6.65. The number of hydrogen-bond acceptors (Lipinski definition) is 2. The minimum atomic E-state index is -0.143. The van der Waals surface area contributed by atoms with E-state index in [1.165, 1.54) is 11.3 Å². The topological polar surface area (TPSA) is 37.4 Å². The van der Waals surface area contributed by atoms with Crippen LogP contribution >= 0.6 is 11.6 Å². The van der Waals surface area contributed by atoms with Crippen molar-refractivity contribution >= 4 is 29.1 Å². The number of imide groups is 1. The quantitative estimate of drug-likeness (QED) is 0.591. The highest BCUT2D eigenvalue weighted by molar-refractivity contribution is 6.31. The first-order chi connectivity index (χ1) is 10.2. The van der Waals surface area contributed by atoms with Crippen molar-refractivity contribution in [3.8, 4) is 0 Å². The molecular weight excluding hydrogens is 286 g/mol. The molecular formula is C17H14ClNO2. The van der Waals surface area contributed by atoms with Crippen LogP contribution in [0.25, 0.3) is 0 Å². The molecule has 0 unspecified atom stereocenters. The number of benzene rings is 1. The Hall–Kier alpha value is -1.61. The van der Waals surface area contributed by atoms with Crippen LogP contribution in [0.3, 0.4) is 0 Å². The predicted octanol–water partition coefficient (Wildman–Crippen LogP) is 2.90. The highest BCUT2D eigenvalue weighted by atomic mass is 35.5. The molecule has 0 aromatic heterocycles. The second-order valence-corrected chi connectivity index (χ2v) is 7.08. The molecule has 2 saturated carbocycles. The van der Waals surface area contributed by atoms with Gasteiger partial charge in [-0.1, -0.05) is 29.8 Å². The Morgan fingerprint density at radius 2 is 1.62 bits per heavy atom. The Balaban J connectivity index is 1.60. The molecule has 0 radical (unpaired) electrons. The molecule has 2 amide bonds. The summed E-state index contributed by atoms with van der Waals surface area (Å²) in [7, 11) is 0. The number of anilines is 1. The van der Waals surface area contributed by atoms with Crippen LogP contribution in [0.15, 0.2) is 36.4 Å². The Bertz CT molecular complexity index is 676. The lowest BCUT2D eigenvalue weighted by Crippen LogP contribution is -2.40. The number of allylic oxidation sites excluding steroid dienone is 2. The maximum absolute atomic E-state index is 12.8. The van der Waals surface area contributed by atoms with Crippen molar-refractivity contribution in [2.75, 3.05) is 4.90 Å². The third kappa shape index (κ3) is 1.40. The SMILES string of the molecule is O=C1[C@H]2[C@@H]3C=C[C@H]([C@H]4C[C@H]34)[C@@H]2C(=O)N1c1cccc(Cl)c1. The van der Waals surface area contributed by atoms with Crippen LogP contribution in [-0.4, -0.2) is 11.8 Å². The third-order valence-electron chi connectivity index (χ3n) is 5.73. The summed E-state index contributed by atoms with van der Waals surface area (Å²) in [4.78, 5) is 27.1. The molecule has 1 aliphatic heterocycles. The summed E-state index contributed by atoms with van der Waals surface area (Å²) < 4.78 is 0. The van der Waals surface area contributed by atoms with E-state index in [2.05, 4.69) is 12.2 Å². The van der Waals surface area contributed by atoms with Gasteiger partial charge in [0.05, 0.1) is 17.5 Å². The molecule has 21 heavy (non-hydrogen) atoms. The van der Waals surface area contributed by atoms with Gasteiger partial charge in [-0.05, 0) is 48.3 Å². The smallest absolute Gasteiger partial charge is 0.238 e. The van der Waals surface area contributed by atoms with E-state index in [1.54, 1.807) is 24.3 Å². The summed E-state index contributed by atoms with van der Waals surface area (Å²) >= 11 is 6.01. The summed E-state index contributed by atoms with van der Waals surface area (Å²) in [6, 6.07) is 7.02. The van der Waals surface area contributed by atoms with Crippen LogP contribution in [0.1, 0.15) is 6.42 Å². The van der Waals surface area contributed by atoms with Crippen molar-refractivity contribution in [3.05, 3.63) is 41.4 Å². The average Bonchev–Trinajstić information content (AvgIpc) is 3.24. The normalized spacial score (nSPS) is 42.2. The number of hydrogen-bond donors (Lipinski definition) is 0. The Kier molecular flexibility index (Phi) is 2.15. The number of carbonyl (C=O) groups is 2. The fraction of sp³-hybridized carbons (Fsp3) is 0.412. The Morgan fingerprint density at radius 3 is 2.19 bits per heavy atom.